The van der Waals surface area contributed by atoms with Crippen LogP contribution in [0.2, 0.25) is 15.1 Å². The summed E-state index contributed by atoms with van der Waals surface area (Å²) in [4.78, 5) is 24.8. The first kappa shape index (κ1) is 39.2. The highest BCUT2D eigenvalue weighted by atomic mass is 35.5. The molecule has 0 aliphatic carbocycles. The smallest absolute Gasteiger partial charge is 0.296 e. The van der Waals surface area contributed by atoms with Gasteiger partial charge in [0.15, 0.2) is 9.84 Å². The molecular weight excluding hydrogens is 709 g/mol. The van der Waals surface area contributed by atoms with Crippen molar-refractivity contribution in [2.24, 2.45) is 5.10 Å². The van der Waals surface area contributed by atoms with Gasteiger partial charge in [0, 0.05) is 0 Å². The van der Waals surface area contributed by atoms with Crippen molar-refractivity contribution in [3.63, 3.8) is 0 Å². The molecule has 0 atom stereocenters. The molecule has 0 fully saturated rings. The Balaban J connectivity index is 1.48. The van der Waals surface area contributed by atoms with Crippen LogP contribution in [0.25, 0.3) is 0 Å². The summed E-state index contributed by atoms with van der Waals surface area (Å²) in [5.41, 5.74) is -0.453. The normalized spacial score (nSPS) is 13.7. The zero-order valence-corrected chi connectivity index (χ0v) is 30.3. The maximum atomic E-state index is 13.0. The van der Waals surface area contributed by atoms with E-state index in [1.54, 1.807) is 0 Å². The van der Waals surface area contributed by atoms with Gasteiger partial charge in [0.25, 0.3) is 21.9 Å². The van der Waals surface area contributed by atoms with Gasteiger partial charge in [-0.25, -0.2) is 8.42 Å². The molecule has 15 heteroatoms. The van der Waals surface area contributed by atoms with E-state index in [2.05, 4.69) is 17.3 Å². The van der Waals surface area contributed by atoms with Crippen molar-refractivity contribution in [2.45, 2.75) is 113 Å². The molecule has 0 radical (unpaired) electrons. The van der Waals surface area contributed by atoms with Crippen LogP contribution < -0.4 is 10.3 Å². The lowest BCUT2D eigenvalue weighted by Gasteiger charge is -2.13. The summed E-state index contributed by atoms with van der Waals surface area (Å²) in [7, 11) is -8.50. The summed E-state index contributed by atoms with van der Waals surface area (Å²) < 4.78 is 59.2. The second kappa shape index (κ2) is 18.5. The molecular formula is C32H42Cl3N3O7S2. The number of halogens is 3. The minimum atomic E-state index is -4.98. The van der Waals surface area contributed by atoms with Gasteiger partial charge in [-0.2, -0.15) is 18.5 Å². The lowest BCUT2D eigenvalue weighted by Crippen LogP contribution is -2.31. The third-order valence-corrected chi connectivity index (χ3v) is 11.8. The first-order valence-corrected chi connectivity index (χ1v) is 20.2. The van der Waals surface area contributed by atoms with Gasteiger partial charge in [0.2, 0.25) is 0 Å². The number of carbonyl (C=O) groups is 2. The Labute approximate surface area is 292 Å². The van der Waals surface area contributed by atoms with Crippen molar-refractivity contribution in [3.05, 3.63) is 51.0 Å². The Morgan fingerprint density at radius 2 is 1.34 bits per heavy atom. The number of carbonyl (C=O) groups excluding carboxylic acids is 2. The lowest BCUT2D eigenvalue weighted by molar-refractivity contribution is -0.116. The maximum absolute atomic E-state index is 13.0. The third kappa shape index (κ3) is 11.7. The Kier molecular flexibility index (Phi) is 15.5. The van der Waals surface area contributed by atoms with Crippen molar-refractivity contribution in [1.82, 2.24) is 5.32 Å². The molecule has 0 aromatic heterocycles. The van der Waals surface area contributed by atoms with Crippen LogP contribution in [0.5, 0.6) is 0 Å². The largest absolute Gasteiger partial charge is 0.308 e. The molecule has 260 valence electrons. The molecule has 0 saturated carbocycles. The van der Waals surface area contributed by atoms with Gasteiger partial charge in [-0.05, 0) is 36.8 Å². The summed E-state index contributed by atoms with van der Waals surface area (Å²) in [6.45, 7) is 2.23. The molecule has 1 aliphatic rings. The van der Waals surface area contributed by atoms with Crippen LogP contribution in [-0.4, -0.2) is 44.8 Å². The predicted molar refractivity (Wildman–Crippen MR) is 187 cm³/mol. The fraction of sp³-hybridized carbons (Fsp3) is 0.531. The average Bonchev–Trinajstić information content (AvgIpc) is 3.37. The van der Waals surface area contributed by atoms with Crippen molar-refractivity contribution >= 4 is 78.1 Å². The molecule has 1 aliphatic heterocycles. The minimum absolute atomic E-state index is 0.0307. The van der Waals surface area contributed by atoms with E-state index in [1.807, 2.05) is 0 Å². The number of anilines is 1. The second-order valence-electron chi connectivity index (χ2n) is 11.6. The second-order valence-corrected chi connectivity index (χ2v) is 16.3. The van der Waals surface area contributed by atoms with Crippen LogP contribution >= 0.6 is 34.8 Å². The van der Waals surface area contributed by atoms with Crippen molar-refractivity contribution in [1.29, 1.82) is 0 Å². The van der Waals surface area contributed by atoms with Crippen LogP contribution in [0.15, 0.2) is 45.2 Å². The fourth-order valence-electron chi connectivity index (χ4n) is 5.33. The molecule has 3 rings (SSSR count). The van der Waals surface area contributed by atoms with E-state index in [0.29, 0.717) is 6.42 Å². The van der Waals surface area contributed by atoms with E-state index in [0.717, 1.165) is 30.3 Å². The average molecular weight is 751 g/mol. The summed E-state index contributed by atoms with van der Waals surface area (Å²) in [6.07, 6.45) is 16.1. The molecule has 0 unspecified atom stereocenters. The Hall–Kier alpha value is -2.22. The summed E-state index contributed by atoms with van der Waals surface area (Å²) in [6, 6.07) is 6.65. The zero-order valence-electron chi connectivity index (χ0n) is 26.4. The van der Waals surface area contributed by atoms with Crippen LogP contribution in [-0.2, 0) is 24.7 Å². The summed E-state index contributed by atoms with van der Waals surface area (Å²) in [5.74, 6) is -1.78. The van der Waals surface area contributed by atoms with Crippen molar-refractivity contribution in [2.75, 3.05) is 10.8 Å². The standard InChI is InChI=1S/C32H42Cl3N3O7S2/c1-2-3-4-5-6-7-8-9-10-11-12-13-14-15-20-46(41,42)24-18-16-23(17-19-24)38-28(39)22-27(37-38)36-32(40)29-30(35)25(33)21-26(34)31(29)47(43,44)45/h16-19,21H,2-15,20,22H2,1H3,(H,36,37,40)(H,43,44,45). The van der Waals surface area contributed by atoms with E-state index in [9.17, 15) is 31.0 Å². The molecule has 0 spiro atoms. The highest BCUT2D eigenvalue weighted by Gasteiger charge is 2.32. The SMILES string of the molecule is CCCCCCCCCCCCCCCCS(=O)(=O)c1ccc(N2N=C(NC(=O)c3c(Cl)c(Cl)cc(Cl)c3S(=O)(=O)O)CC2=O)cc1. The number of sulfone groups is 1. The van der Waals surface area contributed by atoms with Crippen LogP contribution in [0.1, 0.15) is 114 Å². The quantitative estimate of drug-likeness (QED) is 0.0829. The Bertz CT molecular complexity index is 1650. The first-order valence-electron chi connectivity index (χ1n) is 16.0. The number of nitrogens with one attached hydrogen (secondary N) is 1. The number of hydrazone groups is 1. The van der Waals surface area contributed by atoms with E-state index in [4.69, 9.17) is 34.8 Å². The number of hydrogen-bond donors (Lipinski definition) is 2. The Morgan fingerprint density at radius 3 is 1.85 bits per heavy atom. The maximum Gasteiger partial charge on any atom is 0.296 e. The summed E-state index contributed by atoms with van der Waals surface area (Å²) >= 11 is 17.9. The van der Waals surface area contributed by atoms with E-state index < -0.39 is 52.3 Å². The number of rotatable bonds is 19. The molecule has 1 heterocycles. The zero-order chi connectivity index (χ0) is 34.6. The van der Waals surface area contributed by atoms with Gasteiger partial charge in [-0.3, -0.25) is 14.1 Å². The molecule has 2 N–H and O–H groups in total. The number of amides is 2. The van der Waals surface area contributed by atoms with E-state index >= 15 is 0 Å². The highest BCUT2D eigenvalue weighted by molar-refractivity contribution is 7.91. The molecule has 2 aromatic rings. The van der Waals surface area contributed by atoms with E-state index in [1.165, 1.54) is 88.5 Å². The van der Waals surface area contributed by atoms with Gasteiger partial charge in [0.1, 0.15) is 10.7 Å². The first-order chi connectivity index (χ1) is 22.3. The number of benzene rings is 2. The molecule has 0 saturated heterocycles. The molecule has 10 nitrogen and oxygen atoms in total. The molecule has 2 amide bonds. The van der Waals surface area contributed by atoms with Crippen LogP contribution in [0.4, 0.5) is 5.69 Å². The van der Waals surface area contributed by atoms with Gasteiger partial charge < -0.3 is 5.32 Å². The van der Waals surface area contributed by atoms with E-state index in [-0.39, 0.29) is 33.6 Å². The number of hydrogen-bond acceptors (Lipinski definition) is 7. The van der Waals surface area contributed by atoms with Gasteiger partial charge in [0.05, 0.1) is 43.4 Å². The molecule has 2 aromatic carbocycles. The fourth-order valence-corrected chi connectivity index (χ4v) is 8.50. The van der Waals surface area contributed by atoms with Gasteiger partial charge in [-0.1, -0.05) is 125 Å². The predicted octanol–water partition coefficient (Wildman–Crippen LogP) is 8.63. The van der Waals surface area contributed by atoms with Crippen molar-refractivity contribution < 1.29 is 31.0 Å². The van der Waals surface area contributed by atoms with Crippen LogP contribution in [0, 0.1) is 0 Å². The topological polar surface area (TPSA) is 150 Å². The molecule has 47 heavy (non-hydrogen) atoms. The minimum Gasteiger partial charge on any atom is -0.308 e. The van der Waals surface area contributed by atoms with Gasteiger partial charge in [-0.15, -0.1) is 0 Å². The number of nitrogens with zero attached hydrogens (tertiary/aromatic N) is 2. The monoisotopic (exact) mass is 749 g/mol. The summed E-state index contributed by atoms with van der Waals surface area (Å²) in [5, 5.41) is 6.12. The van der Waals surface area contributed by atoms with Crippen molar-refractivity contribution in [3.8, 4) is 0 Å². The van der Waals surface area contributed by atoms with Gasteiger partial charge >= 0.3 is 0 Å². The number of unbranched alkanes of at least 4 members (excludes halogenated alkanes) is 13. The lowest BCUT2D eigenvalue weighted by atomic mass is 10.0. The molecule has 0 bridgehead atoms. The van der Waals surface area contributed by atoms with Crippen LogP contribution in [0.3, 0.4) is 0 Å². The number of amidine groups is 1. The Morgan fingerprint density at radius 1 is 0.830 bits per heavy atom. The third-order valence-electron chi connectivity index (χ3n) is 7.85. The highest BCUT2D eigenvalue weighted by Crippen LogP contribution is 2.37.